The second kappa shape index (κ2) is 5.75. The average Bonchev–Trinajstić information content (AvgIpc) is 2.47. The first-order chi connectivity index (χ1) is 9.72. The number of hydrogen-bond donors (Lipinski definition) is 1. The van der Waals surface area contributed by atoms with Crippen LogP contribution in [0, 0.1) is 12.8 Å². The molecule has 0 amide bonds. The van der Waals surface area contributed by atoms with Crippen LogP contribution in [0.25, 0.3) is 5.65 Å². The smallest absolute Gasteiger partial charge is 0.258 e. The summed E-state index contributed by atoms with van der Waals surface area (Å²) in [4.78, 5) is 16.7. The van der Waals surface area contributed by atoms with E-state index >= 15 is 0 Å². The Morgan fingerprint density at radius 2 is 2.15 bits per heavy atom. The molecule has 2 aromatic heterocycles. The Balaban J connectivity index is 1.78. The maximum Gasteiger partial charge on any atom is 0.258 e. The van der Waals surface area contributed by atoms with Crippen LogP contribution in [0.4, 0.5) is 0 Å². The number of fused-ring (bicyclic) bond motifs is 1. The molecule has 106 valence electrons. The van der Waals surface area contributed by atoms with Gasteiger partial charge in [0.2, 0.25) is 0 Å². The minimum absolute atomic E-state index is 0.0269. The van der Waals surface area contributed by atoms with Crippen LogP contribution in [0.2, 0.25) is 0 Å². The fourth-order valence-electron chi connectivity index (χ4n) is 2.91. The zero-order valence-electron chi connectivity index (χ0n) is 11.9. The molecule has 2 aromatic rings. The lowest BCUT2D eigenvalue weighted by Gasteiger charge is -2.22. The van der Waals surface area contributed by atoms with Gasteiger partial charge in [0.25, 0.3) is 5.56 Å². The van der Waals surface area contributed by atoms with Crippen molar-refractivity contribution in [2.24, 2.45) is 5.92 Å². The number of nitrogens with one attached hydrogen (secondary N) is 1. The minimum Gasteiger partial charge on any atom is -0.317 e. The largest absolute Gasteiger partial charge is 0.317 e. The third-order valence-electron chi connectivity index (χ3n) is 4.13. The molecule has 1 aliphatic heterocycles. The lowest BCUT2D eigenvalue weighted by atomic mass is 9.92. The number of aryl methyl sites for hydroxylation is 2. The molecule has 4 nitrogen and oxygen atoms in total. The van der Waals surface area contributed by atoms with Crippen LogP contribution in [-0.4, -0.2) is 22.5 Å². The van der Waals surface area contributed by atoms with Crippen molar-refractivity contribution in [1.82, 2.24) is 14.7 Å². The normalized spacial score (nSPS) is 16.6. The summed E-state index contributed by atoms with van der Waals surface area (Å²) in [5.41, 5.74) is 2.78. The molecule has 4 heteroatoms. The fraction of sp³-hybridized carbons (Fsp3) is 0.500. The van der Waals surface area contributed by atoms with Gasteiger partial charge in [-0.15, -0.1) is 0 Å². The highest BCUT2D eigenvalue weighted by Crippen LogP contribution is 2.18. The Morgan fingerprint density at radius 3 is 2.95 bits per heavy atom. The van der Waals surface area contributed by atoms with Gasteiger partial charge in [0.05, 0.1) is 0 Å². The molecule has 1 fully saturated rings. The Labute approximate surface area is 118 Å². The summed E-state index contributed by atoms with van der Waals surface area (Å²) in [6.07, 6.45) is 6.37. The van der Waals surface area contributed by atoms with Gasteiger partial charge in [-0.3, -0.25) is 9.20 Å². The van der Waals surface area contributed by atoms with E-state index < -0.39 is 0 Å². The summed E-state index contributed by atoms with van der Waals surface area (Å²) < 4.78 is 1.63. The molecular weight excluding hydrogens is 250 g/mol. The lowest BCUT2D eigenvalue weighted by Crippen LogP contribution is -2.28. The van der Waals surface area contributed by atoms with Crippen molar-refractivity contribution in [1.29, 1.82) is 0 Å². The zero-order valence-corrected chi connectivity index (χ0v) is 11.9. The highest BCUT2D eigenvalue weighted by atomic mass is 16.1. The Morgan fingerprint density at radius 1 is 1.35 bits per heavy atom. The molecule has 0 aliphatic carbocycles. The molecule has 20 heavy (non-hydrogen) atoms. The molecule has 1 saturated heterocycles. The first-order valence-electron chi connectivity index (χ1n) is 7.42. The fourth-order valence-corrected chi connectivity index (χ4v) is 2.91. The number of piperidine rings is 1. The summed E-state index contributed by atoms with van der Waals surface area (Å²) in [5, 5.41) is 3.38. The topological polar surface area (TPSA) is 46.4 Å². The molecule has 1 N–H and O–H groups in total. The summed E-state index contributed by atoms with van der Waals surface area (Å²) in [5.74, 6) is 0.773. The van der Waals surface area contributed by atoms with Gasteiger partial charge in [-0.25, -0.2) is 4.98 Å². The van der Waals surface area contributed by atoms with Gasteiger partial charge in [-0.1, -0.05) is 6.07 Å². The third kappa shape index (κ3) is 2.90. The van der Waals surface area contributed by atoms with E-state index in [-0.39, 0.29) is 5.56 Å². The Hall–Kier alpha value is -1.68. The van der Waals surface area contributed by atoms with Crippen LogP contribution in [-0.2, 0) is 6.42 Å². The first-order valence-corrected chi connectivity index (χ1v) is 7.42. The summed E-state index contributed by atoms with van der Waals surface area (Å²) in [6, 6.07) is 5.61. The molecule has 0 radical (unpaired) electrons. The predicted molar refractivity (Wildman–Crippen MR) is 80.1 cm³/mol. The maximum atomic E-state index is 12.1. The quantitative estimate of drug-likeness (QED) is 0.928. The Kier molecular flexibility index (Phi) is 3.83. The van der Waals surface area contributed by atoms with Crippen molar-refractivity contribution in [3.63, 3.8) is 0 Å². The standard InChI is InChI=1S/C16H21N3O/c1-12-2-5-15-18-14(10-16(20)19(15)11-12)4-3-13-6-8-17-9-7-13/h2,5,10-11,13,17H,3-4,6-9H2,1H3. The van der Waals surface area contributed by atoms with Gasteiger partial charge < -0.3 is 5.32 Å². The molecule has 0 bridgehead atoms. The van der Waals surface area contributed by atoms with Gasteiger partial charge in [-0.05, 0) is 63.2 Å². The Bertz CT molecular complexity index is 656. The van der Waals surface area contributed by atoms with E-state index in [4.69, 9.17) is 0 Å². The second-order valence-corrected chi connectivity index (χ2v) is 5.75. The molecule has 0 unspecified atom stereocenters. The number of pyridine rings is 1. The molecular formula is C16H21N3O. The summed E-state index contributed by atoms with van der Waals surface area (Å²) in [6.45, 7) is 4.23. The zero-order chi connectivity index (χ0) is 13.9. The molecule has 3 heterocycles. The maximum absolute atomic E-state index is 12.1. The van der Waals surface area contributed by atoms with Crippen LogP contribution < -0.4 is 10.9 Å². The van der Waals surface area contributed by atoms with E-state index in [1.165, 1.54) is 12.8 Å². The van der Waals surface area contributed by atoms with Crippen LogP contribution in [0.15, 0.2) is 29.2 Å². The van der Waals surface area contributed by atoms with Crippen LogP contribution in [0.3, 0.4) is 0 Å². The van der Waals surface area contributed by atoms with Gasteiger partial charge in [0.1, 0.15) is 5.65 Å². The van der Waals surface area contributed by atoms with Gasteiger partial charge in [-0.2, -0.15) is 0 Å². The van der Waals surface area contributed by atoms with Crippen molar-refractivity contribution in [2.75, 3.05) is 13.1 Å². The number of rotatable bonds is 3. The van der Waals surface area contributed by atoms with Crippen molar-refractivity contribution in [2.45, 2.75) is 32.6 Å². The highest BCUT2D eigenvalue weighted by Gasteiger charge is 2.13. The molecule has 0 spiro atoms. The third-order valence-corrected chi connectivity index (χ3v) is 4.13. The summed E-state index contributed by atoms with van der Waals surface area (Å²) >= 11 is 0. The van der Waals surface area contributed by atoms with Gasteiger partial charge in [0, 0.05) is 18.0 Å². The highest BCUT2D eigenvalue weighted by molar-refractivity contribution is 5.39. The van der Waals surface area contributed by atoms with Gasteiger partial charge in [0.15, 0.2) is 0 Å². The first kappa shape index (κ1) is 13.3. The van der Waals surface area contributed by atoms with Crippen molar-refractivity contribution in [3.8, 4) is 0 Å². The van der Waals surface area contributed by atoms with E-state index in [1.807, 2.05) is 25.3 Å². The predicted octanol–water partition coefficient (Wildman–Crippen LogP) is 1.94. The van der Waals surface area contributed by atoms with E-state index in [0.29, 0.717) is 0 Å². The minimum atomic E-state index is 0.0269. The SMILES string of the molecule is Cc1ccc2nc(CCC3CCNCC3)cc(=O)n2c1. The molecule has 3 rings (SSSR count). The van der Waals surface area contributed by atoms with E-state index in [1.54, 1.807) is 10.5 Å². The number of hydrogen-bond acceptors (Lipinski definition) is 3. The summed E-state index contributed by atoms with van der Waals surface area (Å²) in [7, 11) is 0. The monoisotopic (exact) mass is 271 g/mol. The van der Waals surface area contributed by atoms with Gasteiger partial charge >= 0.3 is 0 Å². The molecule has 0 aromatic carbocycles. The van der Waals surface area contributed by atoms with E-state index in [2.05, 4.69) is 10.3 Å². The van der Waals surface area contributed by atoms with Crippen LogP contribution >= 0.6 is 0 Å². The number of nitrogens with zero attached hydrogens (tertiary/aromatic N) is 2. The lowest BCUT2D eigenvalue weighted by molar-refractivity contribution is 0.353. The molecule has 0 atom stereocenters. The second-order valence-electron chi connectivity index (χ2n) is 5.75. The molecule has 0 saturated carbocycles. The van der Waals surface area contributed by atoms with Crippen LogP contribution in [0.1, 0.15) is 30.5 Å². The van der Waals surface area contributed by atoms with Crippen molar-refractivity contribution in [3.05, 3.63) is 46.0 Å². The van der Waals surface area contributed by atoms with E-state index in [0.717, 1.165) is 48.8 Å². The van der Waals surface area contributed by atoms with E-state index in [9.17, 15) is 4.79 Å². The average molecular weight is 271 g/mol. The van der Waals surface area contributed by atoms with Crippen LogP contribution in [0.5, 0.6) is 0 Å². The van der Waals surface area contributed by atoms with Crippen molar-refractivity contribution >= 4 is 5.65 Å². The number of aromatic nitrogens is 2. The molecule has 1 aliphatic rings. The van der Waals surface area contributed by atoms with Crippen molar-refractivity contribution < 1.29 is 0 Å².